The molecule has 0 spiro atoms. The number of hydrogen-bond donors (Lipinski definition) is 1. The Hall–Kier alpha value is -2.67. The standard InChI is InChI=1S/C24H27N5OS/c1-16(18-9-8-17-5-2-3-6-19(17)13-18)26-22(30)15-31-24-28-27-23(29(24)21-10-11-21)20-7-4-12-25-14-20/h4,7-9,12-14,16,21H,2-3,5-6,10-11,15H2,1H3,(H,26,30)/t16-/m0/s1. The van der Waals surface area contributed by atoms with Gasteiger partial charge in [-0.05, 0) is 74.3 Å². The van der Waals surface area contributed by atoms with Gasteiger partial charge in [-0.1, -0.05) is 30.0 Å². The number of benzene rings is 1. The van der Waals surface area contributed by atoms with Crippen LogP contribution >= 0.6 is 11.8 Å². The monoisotopic (exact) mass is 433 g/mol. The number of carbonyl (C=O) groups is 1. The Balaban J connectivity index is 1.23. The highest BCUT2D eigenvalue weighted by atomic mass is 32.2. The van der Waals surface area contributed by atoms with Crippen molar-refractivity contribution in [1.29, 1.82) is 0 Å². The van der Waals surface area contributed by atoms with Gasteiger partial charge in [0, 0.05) is 24.0 Å². The topological polar surface area (TPSA) is 72.7 Å². The number of hydrogen-bond acceptors (Lipinski definition) is 5. The van der Waals surface area contributed by atoms with Crippen LogP contribution < -0.4 is 5.32 Å². The number of nitrogens with zero attached hydrogens (tertiary/aromatic N) is 4. The number of rotatable bonds is 7. The summed E-state index contributed by atoms with van der Waals surface area (Å²) in [5, 5.41) is 12.7. The molecule has 1 saturated carbocycles. The van der Waals surface area contributed by atoms with E-state index in [-0.39, 0.29) is 11.9 Å². The Labute approximate surface area is 186 Å². The predicted octanol–water partition coefficient (Wildman–Crippen LogP) is 4.52. The van der Waals surface area contributed by atoms with Crippen LogP contribution in [0.5, 0.6) is 0 Å². The van der Waals surface area contributed by atoms with Gasteiger partial charge in [-0.2, -0.15) is 0 Å². The fraction of sp³-hybridized carbons (Fsp3) is 0.417. The van der Waals surface area contributed by atoms with Gasteiger partial charge in [0.15, 0.2) is 11.0 Å². The van der Waals surface area contributed by atoms with Gasteiger partial charge in [0.1, 0.15) is 0 Å². The molecule has 31 heavy (non-hydrogen) atoms. The first-order valence-electron chi connectivity index (χ1n) is 11.1. The van der Waals surface area contributed by atoms with E-state index in [2.05, 4.69) is 50.2 Å². The molecule has 1 aromatic carbocycles. The first-order valence-corrected chi connectivity index (χ1v) is 12.1. The van der Waals surface area contributed by atoms with Crippen molar-refractivity contribution in [3.05, 3.63) is 59.4 Å². The number of pyridine rings is 1. The van der Waals surface area contributed by atoms with Crippen LogP contribution in [0.2, 0.25) is 0 Å². The third kappa shape index (κ3) is 4.51. The Morgan fingerprint density at radius 3 is 2.81 bits per heavy atom. The smallest absolute Gasteiger partial charge is 0.230 e. The third-order valence-corrected chi connectivity index (χ3v) is 7.02. The SMILES string of the molecule is C[C@H](NC(=O)CSc1nnc(-c2cccnc2)n1C1CC1)c1ccc2c(c1)CCCC2. The summed E-state index contributed by atoms with van der Waals surface area (Å²) in [6, 6.07) is 11.0. The van der Waals surface area contributed by atoms with Gasteiger partial charge in [-0.25, -0.2) is 0 Å². The van der Waals surface area contributed by atoms with Crippen molar-refractivity contribution < 1.29 is 4.79 Å². The third-order valence-electron chi connectivity index (χ3n) is 6.08. The lowest BCUT2D eigenvalue weighted by Crippen LogP contribution is -2.28. The quantitative estimate of drug-likeness (QED) is 0.555. The second-order valence-corrected chi connectivity index (χ2v) is 9.40. The summed E-state index contributed by atoms with van der Waals surface area (Å²) >= 11 is 1.46. The van der Waals surface area contributed by atoms with E-state index >= 15 is 0 Å². The largest absolute Gasteiger partial charge is 0.349 e. The minimum atomic E-state index is -0.00687. The van der Waals surface area contributed by atoms with E-state index in [1.165, 1.54) is 47.7 Å². The molecule has 2 aliphatic rings. The van der Waals surface area contributed by atoms with Crippen LogP contribution in [-0.2, 0) is 17.6 Å². The Morgan fingerprint density at radius 2 is 2.03 bits per heavy atom. The molecule has 1 fully saturated rings. The maximum absolute atomic E-state index is 12.7. The zero-order valence-corrected chi connectivity index (χ0v) is 18.6. The molecular weight excluding hydrogens is 406 g/mol. The molecule has 2 aromatic heterocycles. The number of aromatic nitrogens is 4. The number of thioether (sulfide) groups is 1. The van der Waals surface area contributed by atoms with E-state index in [1.807, 2.05) is 18.3 Å². The molecule has 5 rings (SSSR count). The van der Waals surface area contributed by atoms with E-state index in [0.29, 0.717) is 11.8 Å². The van der Waals surface area contributed by atoms with Crippen molar-refractivity contribution in [1.82, 2.24) is 25.1 Å². The van der Waals surface area contributed by atoms with Crippen LogP contribution in [-0.4, -0.2) is 31.4 Å². The molecule has 6 nitrogen and oxygen atoms in total. The summed E-state index contributed by atoms with van der Waals surface area (Å²) in [7, 11) is 0. The van der Waals surface area contributed by atoms with E-state index in [9.17, 15) is 4.79 Å². The highest BCUT2D eigenvalue weighted by molar-refractivity contribution is 7.99. The maximum atomic E-state index is 12.7. The molecule has 1 atom stereocenters. The Kier molecular flexibility index (Phi) is 5.76. The van der Waals surface area contributed by atoms with Crippen molar-refractivity contribution in [2.24, 2.45) is 0 Å². The number of nitrogens with one attached hydrogen (secondary N) is 1. The molecule has 0 bridgehead atoms. The number of fused-ring (bicyclic) bond motifs is 1. The molecule has 7 heteroatoms. The van der Waals surface area contributed by atoms with Gasteiger partial charge in [-0.3, -0.25) is 14.3 Å². The Morgan fingerprint density at radius 1 is 1.19 bits per heavy atom. The van der Waals surface area contributed by atoms with Crippen molar-refractivity contribution in [2.45, 2.75) is 62.7 Å². The summed E-state index contributed by atoms with van der Waals surface area (Å²) in [5.74, 6) is 1.18. The maximum Gasteiger partial charge on any atom is 0.230 e. The van der Waals surface area contributed by atoms with Gasteiger partial charge in [0.25, 0.3) is 0 Å². The van der Waals surface area contributed by atoms with Crippen LogP contribution in [0, 0.1) is 0 Å². The first-order chi connectivity index (χ1) is 15.2. The van der Waals surface area contributed by atoms with Crippen LogP contribution in [0.3, 0.4) is 0 Å². The van der Waals surface area contributed by atoms with Crippen LogP contribution in [0.1, 0.15) is 61.4 Å². The minimum absolute atomic E-state index is 0.00687. The molecule has 0 unspecified atom stereocenters. The molecule has 0 aliphatic heterocycles. The summed E-state index contributed by atoms with van der Waals surface area (Å²) in [5.41, 5.74) is 5.05. The van der Waals surface area contributed by atoms with Crippen molar-refractivity contribution >= 4 is 17.7 Å². The molecule has 0 saturated heterocycles. The van der Waals surface area contributed by atoms with Crippen molar-refractivity contribution in [2.75, 3.05) is 5.75 Å². The van der Waals surface area contributed by atoms with Gasteiger partial charge in [-0.15, -0.1) is 10.2 Å². The van der Waals surface area contributed by atoms with Gasteiger partial charge >= 0.3 is 0 Å². The summed E-state index contributed by atoms with van der Waals surface area (Å²) < 4.78 is 2.17. The van der Waals surface area contributed by atoms with E-state index in [4.69, 9.17) is 0 Å². The molecule has 160 valence electrons. The zero-order valence-electron chi connectivity index (χ0n) is 17.8. The average Bonchev–Trinajstić information content (AvgIpc) is 3.56. The highest BCUT2D eigenvalue weighted by Crippen LogP contribution is 2.40. The van der Waals surface area contributed by atoms with E-state index < -0.39 is 0 Å². The normalized spacial score (nSPS) is 16.5. The fourth-order valence-corrected chi connectivity index (χ4v) is 5.07. The van der Waals surface area contributed by atoms with Crippen LogP contribution in [0.15, 0.2) is 47.9 Å². The molecule has 2 aliphatic carbocycles. The molecule has 3 aromatic rings. The zero-order chi connectivity index (χ0) is 21.2. The minimum Gasteiger partial charge on any atom is -0.349 e. The van der Waals surface area contributed by atoms with Crippen LogP contribution in [0.25, 0.3) is 11.4 Å². The molecule has 2 heterocycles. The summed E-state index contributed by atoms with van der Waals surface area (Å²) in [6.07, 6.45) is 10.7. The van der Waals surface area contributed by atoms with E-state index in [0.717, 1.165) is 35.8 Å². The predicted molar refractivity (Wildman–Crippen MR) is 122 cm³/mol. The first kappa shape index (κ1) is 20.2. The summed E-state index contributed by atoms with van der Waals surface area (Å²) in [4.78, 5) is 16.9. The van der Waals surface area contributed by atoms with Gasteiger partial charge in [0.2, 0.25) is 5.91 Å². The lowest BCUT2D eigenvalue weighted by molar-refractivity contribution is -0.119. The summed E-state index contributed by atoms with van der Waals surface area (Å²) in [6.45, 7) is 2.06. The van der Waals surface area contributed by atoms with Crippen molar-refractivity contribution in [3.8, 4) is 11.4 Å². The van der Waals surface area contributed by atoms with E-state index in [1.54, 1.807) is 6.20 Å². The second-order valence-electron chi connectivity index (χ2n) is 8.46. The Bertz CT molecular complexity index is 1080. The molecule has 1 N–H and O–H groups in total. The van der Waals surface area contributed by atoms with Gasteiger partial charge < -0.3 is 5.32 Å². The average molecular weight is 434 g/mol. The number of aryl methyl sites for hydroxylation is 2. The second kappa shape index (κ2) is 8.83. The number of amides is 1. The lowest BCUT2D eigenvalue weighted by atomic mass is 9.89. The van der Waals surface area contributed by atoms with Crippen molar-refractivity contribution in [3.63, 3.8) is 0 Å². The molecule has 1 amide bonds. The molecular formula is C24H27N5OS. The molecule has 0 radical (unpaired) electrons. The van der Waals surface area contributed by atoms with Gasteiger partial charge in [0.05, 0.1) is 11.8 Å². The number of carbonyl (C=O) groups excluding carboxylic acids is 1. The highest BCUT2D eigenvalue weighted by Gasteiger charge is 2.30. The van der Waals surface area contributed by atoms with Crippen LogP contribution in [0.4, 0.5) is 0 Å². The lowest BCUT2D eigenvalue weighted by Gasteiger charge is -2.20. The fourth-order valence-electron chi connectivity index (χ4n) is 4.25.